The molecule has 1 aromatic heterocycles. The standard InChI is InChI=1S/C16H17ClN4/c1-2-13(18)10-11-9-12(17)7-8-15(11)21-16-6-4-3-5-14(16)19-20-21/h3-9,13H,2,10,18H2,1H3. The molecule has 3 rings (SSSR count). The lowest BCUT2D eigenvalue weighted by Gasteiger charge is -2.14. The van der Waals surface area contributed by atoms with Crippen molar-refractivity contribution in [3.63, 3.8) is 0 Å². The van der Waals surface area contributed by atoms with Gasteiger partial charge in [0.1, 0.15) is 5.52 Å². The zero-order chi connectivity index (χ0) is 14.8. The van der Waals surface area contributed by atoms with E-state index in [9.17, 15) is 0 Å². The number of halogens is 1. The van der Waals surface area contributed by atoms with Crippen molar-refractivity contribution in [2.75, 3.05) is 0 Å². The third-order valence-electron chi connectivity index (χ3n) is 3.63. The molecule has 2 aromatic carbocycles. The molecule has 1 atom stereocenters. The zero-order valence-electron chi connectivity index (χ0n) is 11.8. The first-order valence-corrected chi connectivity index (χ1v) is 7.41. The molecule has 0 fully saturated rings. The highest BCUT2D eigenvalue weighted by Gasteiger charge is 2.13. The van der Waals surface area contributed by atoms with E-state index in [1.165, 1.54) is 0 Å². The maximum Gasteiger partial charge on any atom is 0.113 e. The molecule has 0 aliphatic heterocycles. The number of hydrogen-bond acceptors (Lipinski definition) is 3. The SMILES string of the molecule is CCC(N)Cc1cc(Cl)ccc1-n1nnc2ccccc21. The second-order valence-electron chi connectivity index (χ2n) is 5.14. The quantitative estimate of drug-likeness (QED) is 0.804. The lowest BCUT2D eigenvalue weighted by Crippen LogP contribution is -2.22. The average molecular weight is 301 g/mol. The number of hydrogen-bond donors (Lipinski definition) is 1. The van der Waals surface area contributed by atoms with Crippen LogP contribution in [0.15, 0.2) is 42.5 Å². The summed E-state index contributed by atoms with van der Waals surface area (Å²) in [4.78, 5) is 0. The van der Waals surface area contributed by atoms with Gasteiger partial charge in [-0.25, -0.2) is 4.68 Å². The molecule has 0 bridgehead atoms. The smallest absolute Gasteiger partial charge is 0.113 e. The Morgan fingerprint density at radius 3 is 2.86 bits per heavy atom. The Kier molecular flexibility index (Phi) is 3.90. The number of benzene rings is 2. The lowest BCUT2D eigenvalue weighted by atomic mass is 10.0. The second kappa shape index (κ2) is 5.84. The van der Waals surface area contributed by atoms with Gasteiger partial charge < -0.3 is 5.73 Å². The monoisotopic (exact) mass is 300 g/mol. The first-order chi connectivity index (χ1) is 10.2. The maximum atomic E-state index is 6.14. The summed E-state index contributed by atoms with van der Waals surface area (Å²) in [7, 11) is 0. The van der Waals surface area contributed by atoms with Crippen molar-refractivity contribution in [1.82, 2.24) is 15.0 Å². The third kappa shape index (κ3) is 2.77. The predicted molar refractivity (Wildman–Crippen MR) is 85.8 cm³/mol. The molecule has 2 N–H and O–H groups in total. The average Bonchev–Trinajstić information content (AvgIpc) is 2.91. The lowest BCUT2D eigenvalue weighted by molar-refractivity contribution is 0.642. The van der Waals surface area contributed by atoms with E-state index in [4.69, 9.17) is 17.3 Å². The van der Waals surface area contributed by atoms with E-state index < -0.39 is 0 Å². The van der Waals surface area contributed by atoms with Crippen LogP contribution in [0, 0.1) is 0 Å². The molecule has 1 unspecified atom stereocenters. The van der Waals surface area contributed by atoms with Crippen molar-refractivity contribution >= 4 is 22.6 Å². The number of nitrogens with two attached hydrogens (primary N) is 1. The third-order valence-corrected chi connectivity index (χ3v) is 3.86. The molecule has 0 saturated heterocycles. The molecule has 4 nitrogen and oxygen atoms in total. The largest absolute Gasteiger partial charge is 0.327 e. The van der Waals surface area contributed by atoms with Gasteiger partial charge in [-0.3, -0.25) is 0 Å². The van der Waals surface area contributed by atoms with Crippen LogP contribution in [0.4, 0.5) is 0 Å². The van der Waals surface area contributed by atoms with Crippen molar-refractivity contribution in [1.29, 1.82) is 0 Å². The van der Waals surface area contributed by atoms with Gasteiger partial charge in [0.15, 0.2) is 0 Å². The Hall–Kier alpha value is -1.91. The Morgan fingerprint density at radius 2 is 2.05 bits per heavy atom. The number of nitrogens with zero attached hydrogens (tertiary/aromatic N) is 3. The first kappa shape index (κ1) is 14.0. The van der Waals surface area contributed by atoms with E-state index in [-0.39, 0.29) is 6.04 Å². The summed E-state index contributed by atoms with van der Waals surface area (Å²) in [5.41, 5.74) is 10.0. The van der Waals surface area contributed by atoms with Gasteiger partial charge in [0.2, 0.25) is 0 Å². The number of fused-ring (bicyclic) bond motifs is 1. The van der Waals surface area contributed by atoms with E-state index in [0.29, 0.717) is 5.02 Å². The molecule has 0 spiro atoms. The van der Waals surface area contributed by atoms with E-state index in [0.717, 1.165) is 35.1 Å². The fourth-order valence-electron chi connectivity index (χ4n) is 2.40. The van der Waals surface area contributed by atoms with Crippen molar-refractivity contribution in [3.8, 4) is 5.69 Å². The van der Waals surface area contributed by atoms with Gasteiger partial charge in [0.25, 0.3) is 0 Å². The molecular weight excluding hydrogens is 284 g/mol. The van der Waals surface area contributed by atoms with Crippen LogP contribution in [0.3, 0.4) is 0 Å². The van der Waals surface area contributed by atoms with Gasteiger partial charge in [-0.1, -0.05) is 35.9 Å². The van der Waals surface area contributed by atoms with E-state index in [2.05, 4.69) is 17.2 Å². The van der Waals surface area contributed by atoms with Crippen molar-refractivity contribution in [2.24, 2.45) is 5.73 Å². The minimum absolute atomic E-state index is 0.108. The van der Waals surface area contributed by atoms with Crippen LogP contribution >= 0.6 is 11.6 Å². The number of aromatic nitrogens is 3. The van der Waals surface area contributed by atoms with Gasteiger partial charge in [-0.05, 0) is 48.7 Å². The molecule has 5 heteroatoms. The Morgan fingerprint density at radius 1 is 1.24 bits per heavy atom. The highest BCUT2D eigenvalue weighted by atomic mass is 35.5. The predicted octanol–water partition coefficient (Wildman–Crippen LogP) is 3.35. The zero-order valence-corrected chi connectivity index (χ0v) is 12.6. The molecule has 108 valence electrons. The maximum absolute atomic E-state index is 6.14. The topological polar surface area (TPSA) is 56.7 Å². The van der Waals surface area contributed by atoms with Crippen LogP contribution in [0.25, 0.3) is 16.7 Å². The summed E-state index contributed by atoms with van der Waals surface area (Å²) in [6.45, 7) is 2.08. The molecule has 0 saturated carbocycles. The van der Waals surface area contributed by atoms with Crippen molar-refractivity contribution in [2.45, 2.75) is 25.8 Å². The summed E-state index contributed by atoms with van der Waals surface area (Å²) in [6, 6.07) is 13.8. The van der Waals surface area contributed by atoms with Crippen molar-refractivity contribution in [3.05, 3.63) is 53.1 Å². The molecule has 0 amide bonds. The minimum atomic E-state index is 0.108. The van der Waals surface area contributed by atoms with Gasteiger partial charge in [-0.15, -0.1) is 5.10 Å². The van der Waals surface area contributed by atoms with Gasteiger partial charge >= 0.3 is 0 Å². The summed E-state index contributed by atoms with van der Waals surface area (Å²) in [5, 5.41) is 9.19. The van der Waals surface area contributed by atoms with Crippen LogP contribution < -0.4 is 5.73 Å². The van der Waals surface area contributed by atoms with Crippen LogP contribution in [0.5, 0.6) is 0 Å². The molecule has 0 aliphatic carbocycles. The van der Waals surface area contributed by atoms with Crippen LogP contribution in [-0.4, -0.2) is 21.0 Å². The molecule has 1 heterocycles. The fourth-order valence-corrected chi connectivity index (χ4v) is 2.59. The van der Waals surface area contributed by atoms with Gasteiger partial charge in [-0.2, -0.15) is 0 Å². The summed E-state index contributed by atoms with van der Waals surface area (Å²) in [5.74, 6) is 0. The van der Waals surface area contributed by atoms with Crippen molar-refractivity contribution < 1.29 is 0 Å². The molecule has 0 aliphatic rings. The molecule has 21 heavy (non-hydrogen) atoms. The van der Waals surface area contributed by atoms with E-state index in [1.807, 2.05) is 47.1 Å². The number of rotatable bonds is 4. The summed E-state index contributed by atoms with van der Waals surface area (Å²) in [6.07, 6.45) is 1.69. The minimum Gasteiger partial charge on any atom is -0.327 e. The van der Waals surface area contributed by atoms with Crippen LogP contribution in [0.2, 0.25) is 5.02 Å². The van der Waals surface area contributed by atoms with Crippen LogP contribution in [0.1, 0.15) is 18.9 Å². The molecule has 3 aromatic rings. The van der Waals surface area contributed by atoms with E-state index >= 15 is 0 Å². The Labute approximate surface area is 128 Å². The number of para-hydroxylation sites is 1. The van der Waals surface area contributed by atoms with E-state index in [1.54, 1.807) is 0 Å². The normalized spacial score (nSPS) is 12.7. The highest BCUT2D eigenvalue weighted by molar-refractivity contribution is 6.30. The highest BCUT2D eigenvalue weighted by Crippen LogP contribution is 2.24. The van der Waals surface area contributed by atoms with Gasteiger partial charge in [0, 0.05) is 11.1 Å². The fraction of sp³-hybridized carbons (Fsp3) is 0.250. The molecule has 0 radical (unpaired) electrons. The van der Waals surface area contributed by atoms with Crippen LogP contribution in [-0.2, 0) is 6.42 Å². The molecular formula is C16H17ClN4. The Balaban J connectivity index is 2.13. The first-order valence-electron chi connectivity index (χ1n) is 7.04. The van der Waals surface area contributed by atoms with Gasteiger partial charge in [0.05, 0.1) is 11.2 Å². The summed E-state index contributed by atoms with van der Waals surface area (Å²) < 4.78 is 1.85. The second-order valence-corrected chi connectivity index (χ2v) is 5.57. The Bertz CT molecular complexity index is 766. The summed E-state index contributed by atoms with van der Waals surface area (Å²) >= 11 is 6.14.